The molecular weight excluding hydrogens is 495 g/mol. The summed E-state index contributed by atoms with van der Waals surface area (Å²) in [5.74, 6) is -0.578. The molecule has 2 aromatic carbocycles. The number of carboxylic acids is 1. The van der Waals surface area contributed by atoms with Gasteiger partial charge in [-0.05, 0) is 91.2 Å². The van der Waals surface area contributed by atoms with E-state index in [1.54, 1.807) is 17.0 Å². The zero-order chi connectivity index (χ0) is 25.9. The number of hydrogen-bond donors (Lipinski definition) is 2. The Morgan fingerprint density at radius 1 is 1.08 bits per heavy atom. The zero-order valence-corrected chi connectivity index (χ0v) is 20.9. The normalized spacial score (nSPS) is 19.6. The lowest BCUT2D eigenvalue weighted by molar-refractivity contribution is -0.138. The third-order valence-electron chi connectivity index (χ3n) is 6.90. The molecular formula is C27H27FN4O4S. The van der Waals surface area contributed by atoms with Gasteiger partial charge in [0.05, 0.1) is 6.54 Å². The predicted molar refractivity (Wildman–Crippen MR) is 138 cm³/mol. The molecule has 2 heterocycles. The number of nitrogen functional groups attached to an aromatic ring is 1. The highest BCUT2D eigenvalue weighted by molar-refractivity contribution is 7.99. The first-order valence-corrected chi connectivity index (χ1v) is 13.1. The minimum atomic E-state index is -0.727. The number of benzene rings is 2. The molecule has 0 saturated heterocycles. The number of ether oxygens (including phenoxy) is 1. The molecule has 1 aromatic heterocycles. The molecule has 0 spiro atoms. The van der Waals surface area contributed by atoms with Crippen LogP contribution < -0.4 is 15.4 Å². The molecule has 10 heteroatoms. The number of carbonyl (C=O) groups excluding carboxylic acids is 1. The van der Waals surface area contributed by atoms with Gasteiger partial charge in [0.25, 0.3) is 5.91 Å². The monoisotopic (exact) mass is 522 g/mol. The Hall–Kier alpha value is -3.66. The van der Waals surface area contributed by atoms with Crippen LogP contribution in [-0.2, 0) is 4.79 Å². The van der Waals surface area contributed by atoms with Gasteiger partial charge in [0.15, 0.2) is 5.16 Å². The van der Waals surface area contributed by atoms with E-state index in [4.69, 9.17) is 15.6 Å². The molecule has 1 saturated carbocycles. The van der Waals surface area contributed by atoms with Gasteiger partial charge in [-0.3, -0.25) is 9.59 Å². The fourth-order valence-corrected chi connectivity index (χ4v) is 5.74. The summed E-state index contributed by atoms with van der Waals surface area (Å²) in [6, 6.07) is 13.9. The van der Waals surface area contributed by atoms with Crippen molar-refractivity contribution in [1.82, 2.24) is 9.97 Å². The van der Waals surface area contributed by atoms with Gasteiger partial charge < -0.3 is 20.5 Å². The van der Waals surface area contributed by atoms with E-state index in [-0.39, 0.29) is 47.9 Å². The standard InChI is InChI=1S/C27H27FN4O4S/c28-19-7-11-21(12-8-19)37-27-30-24(29)23-25(31-27)36-14-13-32(26(23)35)20-9-5-18(6-10-20)17-3-1-16(2-4-17)15-22(33)34/h5-12,16-17H,1-4,13-15H2,(H,33,34)(H2,29,30,31). The first kappa shape index (κ1) is 25.0. The molecule has 0 atom stereocenters. The molecule has 192 valence electrons. The maximum absolute atomic E-state index is 13.5. The van der Waals surface area contributed by atoms with Crippen LogP contribution in [0.2, 0.25) is 0 Å². The molecule has 1 aliphatic heterocycles. The van der Waals surface area contributed by atoms with E-state index in [0.717, 1.165) is 36.3 Å². The van der Waals surface area contributed by atoms with Crippen LogP contribution in [-0.4, -0.2) is 40.1 Å². The van der Waals surface area contributed by atoms with Crippen LogP contribution >= 0.6 is 11.8 Å². The van der Waals surface area contributed by atoms with Gasteiger partial charge in [-0.15, -0.1) is 0 Å². The summed E-state index contributed by atoms with van der Waals surface area (Å²) in [5.41, 5.74) is 8.25. The second-order valence-corrected chi connectivity index (χ2v) is 10.4. The lowest BCUT2D eigenvalue weighted by atomic mass is 9.77. The second-order valence-electron chi connectivity index (χ2n) is 9.34. The first-order chi connectivity index (χ1) is 17.9. The average Bonchev–Trinajstić information content (AvgIpc) is 3.04. The summed E-state index contributed by atoms with van der Waals surface area (Å²) in [4.78, 5) is 35.5. The predicted octanol–water partition coefficient (Wildman–Crippen LogP) is 5.14. The minimum absolute atomic E-state index is 0.0289. The lowest BCUT2D eigenvalue weighted by Gasteiger charge is -2.28. The van der Waals surface area contributed by atoms with E-state index in [9.17, 15) is 14.0 Å². The van der Waals surface area contributed by atoms with Gasteiger partial charge in [-0.2, -0.15) is 4.98 Å². The molecule has 37 heavy (non-hydrogen) atoms. The Balaban J connectivity index is 1.30. The van der Waals surface area contributed by atoms with Gasteiger partial charge in [-0.25, -0.2) is 9.37 Å². The van der Waals surface area contributed by atoms with Crippen LogP contribution in [0.25, 0.3) is 0 Å². The van der Waals surface area contributed by atoms with Crippen LogP contribution in [0, 0.1) is 11.7 Å². The van der Waals surface area contributed by atoms with Gasteiger partial charge in [0.2, 0.25) is 5.88 Å². The summed E-state index contributed by atoms with van der Waals surface area (Å²) < 4.78 is 19.0. The van der Waals surface area contributed by atoms with Crippen molar-refractivity contribution in [3.05, 3.63) is 65.5 Å². The van der Waals surface area contributed by atoms with Crippen molar-refractivity contribution in [2.75, 3.05) is 23.8 Å². The van der Waals surface area contributed by atoms with E-state index in [1.807, 2.05) is 24.3 Å². The molecule has 8 nitrogen and oxygen atoms in total. The van der Waals surface area contributed by atoms with Crippen molar-refractivity contribution in [2.45, 2.75) is 48.1 Å². The van der Waals surface area contributed by atoms with Crippen LogP contribution in [0.5, 0.6) is 5.88 Å². The minimum Gasteiger partial charge on any atom is -0.481 e. The maximum atomic E-state index is 13.5. The molecule has 0 unspecified atom stereocenters. The fourth-order valence-electron chi connectivity index (χ4n) is 4.99. The third-order valence-corrected chi connectivity index (χ3v) is 7.78. The van der Waals surface area contributed by atoms with E-state index in [1.165, 1.54) is 29.5 Å². The van der Waals surface area contributed by atoms with Crippen molar-refractivity contribution < 1.29 is 23.8 Å². The van der Waals surface area contributed by atoms with Crippen LogP contribution in [0.3, 0.4) is 0 Å². The number of aromatic nitrogens is 2. The highest BCUT2D eigenvalue weighted by Crippen LogP contribution is 2.38. The Kier molecular flexibility index (Phi) is 7.27. The smallest absolute Gasteiger partial charge is 0.303 e. The number of anilines is 2. The number of rotatable bonds is 6. The van der Waals surface area contributed by atoms with Crippen molar-refractivity contribution in [2.24, 2.45) is 5.92 Å². The summed E-state index contributed by atoms with van der Waals surface area (Å²) in [7, 11) is 0. The molecule has 2 aliphatic rings. The van der Waals surface area contributed by atoms with Crippen LogP contribution in [0.15, 0.2) is 58.6 Å². The van der Waals surface area contributed by atoms with Crippen LogP contribution in [0.4, 0.5) is 15.9 Å². The molecule has 0 bridgehead atoms. The van der Waals surface area contributed by atoms with Crippen molar-refractivity contribution in [3.8, 4) is 5.88 Å². The third kappa shape index (κ3) is 5.69. The highest BCUT2D eigenvalue weighted by Gasteiger charge is 2.30. The number of amides is 1. The lowest BCUT2D eigenvalue weighted by Crippen LogP contribution is -2.32. The van der Waals surface area contributed by atoms with E-state index in [0.29, 0.717) is 17.6 Å². The summed E-state index contributed by atoms with van der Waals surface area (Å²) in [6.45, 7) is 0.569. The van der Waals surface area contributed by atoms with Crippen molar-refractivity contribution >= 4 is 35.1 Å². The average molecular weight is 523 g/mol. The van der Waals surface area contributed by atoms with Gasteiger partial charge in [0, 0.05) is 17.0 Å². The second kappa shape index (κ2) is 10.8. The maximum Gasteiger partial charge on any atom is 0.303 e. The van der Waals surface area contributed by atoms with E-state index in [2.05, 4.69) is 9.97 Å². The Morgan fingerprint density at radius 2 is 1.78 bits per heavy atom. The Bertz CT molecular complexity index is 1300. The van der Waals surface area contributed by atoms with Crippen molar-refractivity contribution in [3.63, 3.8) is 0 Å². The summed E-state index contributed by atoms with van der Waals surface area (Å²) >= 11 is 1.20. The number of nitrogens with two attached hydrogens (primary N) is 1. The fraction of sp³-hybridized carbons (Fsp3) is 0.333. The highest BCUT2D eigenvalue weighted by atomic mass is 32.2. The number of fused-ring (bicyclic) bond motifs is 1. The zero-order valence-electron chi connectivity index (χ0n) is 20.1. The van der Waals surface area contributed by atoms with E-state index < -0.39 is 5.97 Å². The largest absolute Gasteiger partial charge is 0.481 e. The van der Waals surface area contributed by atoms with Gasteiger partial charge in [-0.1, -0.05) is 12.1 Å². The molecule has 1 amide bonds. The van der Waals surface area contributed by atoms with Crippen LogP contribution in [0.1, 0.15) is 53.9 Å². The first-order valence-electron chi connectivity index (χ1n) is 12.2. The molecule has 3 aromatic rings. The van der Waals surface area contributed by atoms with Gasteiger partial charge >= 0.3 is 5.97 Å². The Labute approximate surface area is 218 Å². The number of carbonyl (C=O) groups is 2. The molecule has 1 aliphatic carbocycles. The van der Waals surface area contributed by atoms with E-state index >= 15 is 0 Å². The molecule has 5 rings (SSSR count). The topological polar surface area (TPSA) is 119 Å². The van der Waals surface area contributed by atoms with Gasteiger partial charge in [0.1, 0.15) is 23.8 Å². The molecule has 3 N–H and O–H groups in total. The number of carboxylic acid groups (broad SMARTS) is 1. The summed E-state index contributed by atoms with van der Waals surface area (Å²) in [6.07, 6.45) is 4.00. The number of nitrogens with zero attached hydrogens (tertiary/aromatic N) is 3. The Morgan fingerprint density at radius 3 is 2.46 bits per heavy atom. The molecule has 0 radical (unpaired) electrons. The summed E-state index contributed by atoms with van der Waals surface area (Å²) in [5, 5.41) is 9.35. The number of halogens is 1. The SMILES string of the molecule is Nc1nc(Sc2ccc(F)cc2)nc2c1C(=O)N(c1ccc(C3CCC(CC(=O)O)CC3)cc1)CCO2. The van der Waals surface area contributed by atoms with Crippen molar-refractivity contribution in [1.29, 1.82) is 0 Å². The number of aliphatic carboxylic acids is 1. The number of hydrogen-bond acceptors (Lipinski definition) is 7. The quantitative estimate of drug-likeness (QED) is 0.428. The molecule has 1 fully saturated rings.